The van der Waals surface area contributed by atoms with Gasteiger partial charge in [0, 0.05) is 13.6 Å². The lowest BCUT2D eigenvalue weighted by atomic mass is 10.1. The molecule has 1 aromatic carbocycles. The third kappa shape index (κ3) is 4.19. The van der Waals surface area contributed by atoms with E-state index in [0.29, 0.717) is 25.2 Å². The van der Waals surface area contributed by atoms with Crippen LogP contribution in [-0.2, 0) is 10.2 Å². The van der Waals surface area contributed by atoms with Crippen LogP contribution in [0, 0.1) is 20.8 Å². The van der Waals surface area contributed by atoms with E-state index in [0.717, 1.165) is 16.7 Å². The van der Waals surface area contributed by atoms with Gasteiger partial charge < -0.3 is 5.73 Å². The highest BCUT2D eigenvalue weighted by Gasteiger charge is 2.18. The highest BCUT2D eigenvalue weighted by molar-refractivity contribution is 7.90. The first-order valence-corrected chi connectivity index (χ1v) is 7.74. The van der Waals surface area contributed by atoms with Gasteiger partial charge in [0.15, 0.2) is 0 Å². The summed E-state index contributed by atoms with van der Waals surface area (Å²) in [6.07, 6.45) is 0.642. The summed E-state index contributed by atoms with van der Waals surface area (Å²) in [5.41, 5.74) is 9.02. The molecule has 0 radical (unpaired) electrons. The summed E-state index contributed by atoms with van der Waals surface area (Å²) < 4.78 is 28.3. The van der Waals surface area contributed by atoms with Gasteiger partial charge in [0.2, 0.25) is 0 Å². The predicted molar refractivity (Wildman–Crippen MR) is 79.5 cm³/mol. The Bertz CT molecular complexity index is 518. The molecule has 0 aliphatic rings. The number of nitrogens with one attached hydrogen (secondary N) is 1. The minimum atomic E-state index is -3.52. The Morgan fingerprint density at radius 2 is 1.74 bits per heavy atom. The molecule has 19 heavy (non-hydrogen) atoms. The summed E-state index contributed by atoms with van der Waals surface area (Å²) >= 11 is 0. The van der Waals surface area contributed by atoms with Gasteiger partial charge in [-0.25, -0.2) is 0 Å². The standard InChI is InChI=1S/C13H23N3O2S/c1-10-8-11(2)13(12(3)9-10)15-19(17,18)16(4)7-5-6-14/h8-9,15H,5-7,14H2,1-4H3. The Balaban J connectivity index is 2.96. The molecule has 0 fully saturated rings. The van der Waals surface area contributed by atoms with Crippen molar-refractivity contribution in [1.29, 1.82) is 0 Å². The van der Waals surface area contributed by atoms with E-state index in [2.05, 4.69) is 4.72 Å². The van der Waals surface area contributed by atoms with Crippen molar-refractivity contribution in [3.05, 3.63) is 28.8 Å². The average molecular weight is 285 g/mol. The third-order valence-corrected chi connectivity index (χ3v) is 4.46. The Labute approximate surface area is 116 Å². The molecule has 0 aliphatic heterocycles. The van der Waals surface area contributed by atoms with E-state index in [-0.39, 0.29) is 0 Å². The van der Waals surface area contributed by atoms with E-state index in [4.69, 9.17) is 5.73 Å². The van der Waals surface area contributed by atoms with Gasteiger partial charge in [-0.2, -0.15) is 12.7 Å². The van der Waals surface area contributed by atoms with Gasteiger partial charge in [-0.05, 0) is 44.9 Å². The number of aryl methyl sites for hydroxylation is 3. The highest BCUT2D eigenvalue weighted by Crippen LogP contribution is 2.23. The molecule has 0 saturated heterocycles. The van der Waals surface area contributed by atoms with Crippen molar-refractivity contribution in [1.82, 2.24) is 4.31 Å². The van der Waals surface area contributed by atoms with Crippen molar-refractivity contribution in [2.24, 2.45) is 5.73 Å². The van der Waals surface area contributed by atoms with Gasteiger partial charge in [0.25, 0.3) is 0 Å². The van der Waals surface area contributed by atoms with E-state index in [1.807, 2.05) is 32.9 Å². The first-order chi connectivity index (χ1) is 8.77. The van der Waals surface area contributed by atoms with Gasteiger partial charge in [-0.1, -0.05) is 17.7 Å². The molecule has 1 rings (SSSR count). The number of benzene rings is 1. The maximum Gasteiger partial charge on any atom is 0.301 e. The van der Waals surface area contributed by atoms with Crippen LogP contribution in [-0.4, -0.2) is 32.9 Å². The fourth-order valence-corrected chi connectivity index (χ4v) is 3.09. The molecule has 0 amide bonds. The molecule has 0 spiro atoms. The molecule has 1 aromatic rings. The van der Waals surface area contributed by atoms with E-state index in [1.54, 1.807) is 7.05 Å². The van der Waals surface area contributed by atoms with Crippen molar-refractivity contribution >= 4 is 15.9 Å². The Morgan fingerprint density at radius 1 is 1.21 bits per heavy atom. The lowest BCUT2D eigenvalue weighted by Gasteiger charge is -2.20. The molecule has 0 atom stereocenters. The van der Waals surface area contributed by atoms with E-state index >= 15 is 0 Å². The summed E-state index contributed by atoms with van der Waals surface area (Å²) in [5.74, 6) is 0. The van der Waals surface area contributed by atoms with Crippen LogP contribution in [0.4, 0.5) is 5.69 Å². The number of rotatable bonds is 6. The normalized spacial score (nSPS) is 11.9. The van der Waals surface area contributed by atoms with E-state index in [9.17, 15) is 8.42 Å². The number of nitrogens with two attached hydrogens (primary N) is 1. The highest BCUT2D eigenvalue weighted by atomic mass is 32.2. The van der Waals surface area contributed by atoms with Gasteiger partial charge in [0.1, 0.15) is 0 Å². The van der Waals surface area contributed by atoms with Crippen molar-refractivity contribution in [3.63, 3.8) is 0 Å². The van der Waals surface area contributed by atoms with Crippen molar-refractivity contribution in [2.75, 3.05) is 24.9 Å². The molecule has 6 heteroatoms. The maximum atomic E-state index is 12.2. The number of anilines is 1. The second-order valence-electron chi connectivity index (χ2n) is 4.84. The monoisotopic (exact) mass is 285 g/mol. The van der Waals surface area contributed by atoms with E-state index in [1.165, 1.54) is 4.31 Å². The van der Waals surface area contributed by atoms with Crippen molar-refractivity contribution in [2.45, 2.75) is 27.2 Å². The number of hydrogen-bond acceptors (Lipinski definition) is 3. The van der Waals surface area contributed by atoms with Gasteiger partial charge >= 0.3 is 10.2 Å². The smallest absolute Gasteiger partial charge is 0.301 e. The maximum absolute atomic E-state index is 12.2. The quantitative estimate of drug-likeness (QED) is 0.832. The van der Waals surface area contributed by atoms with Crippen LogP contribution in [0.25, 0.3) is 0 Å². The second kappa shape index (κ2) is 6.36. The first-order valence-electron chi connectivity index (χ1n) is 6.30. The molecule has 0 unspecified atom stereocenters. The van der Waals surface area contributed by atoms with Crippen LogP contribution >= 0.6 is 0 Å². The van der Waals surface area contributed by atoms with Crippen LogP contribution in [0.5, 0.6) is 0 Å². The van der Waals surface area contributed by atoms with Crippen LogP contribution in [0.3, 0.4) is 0 Å². The minimum absolute atomic E-state index is 0.412. The van der Waals surface area contributed by atoms with Crippen molar-refractivity contribution in [3.8, 4) is 0 Å². The van der Waals surface area contributed by atoms with Crippen LogP contribution in [0.15, 0.2) is 12.1 Å². The fourth-order valence-electron chi connectivity index (χ4n) is 1.98. The van der Waals surface area contributed by atoms with Crippen molar-refractivity contribution < 1.29 is 8.42 Å². The molecule has 3 N–H and O–H groups in total. The molecule has 5 nitrogen and oxygen atoms in total. The summed E-state index contributed by atoms with van der Waals surface area (Å²) in [5, 5.41) is 0. The molecule has 108 valence electrons. The lowest BCUT2D eigenvalue weighted by Crippen LogP contribution is -2.34. The third-order valence-electron chi connectivity index (χ3n) is 3.00. The molecule has 0 bridgehead atoms. The molecular formula is C13H23N3O2S. The van der Waals surface area contributed by atoms with Gasteiger partial charge in [-0.3, -0.25) is 4.72 Å². The predicted octanol–water partition coefficient (Wildman–Crippen LogP) is 1.55. The van der Waals surface area contributed by atoms with Crippen LogP contribution in [0.1, 0.15) is 23.1 Å². The molecule has 0 aliphatic carbocycles. The van der Waals surface area contributed by atoms with Crippen LogP contribution in [0.2, 0.25) is 0 Å². The average Bonchev–Trinajstić information content (AvgIpc) is 2.30. The fraction of sp³-hybridized carbons (Fsp3) is 0.538. The van der Waals surface area contributed by atoms with Gasteiger partial charge in [0.05, 0.1) is 5.69 Å². The topological polar surface area (TPSA) is 75.4 Å². The van der Waals surface area contributed by atoms with Gasteiger partial charge in [-0.15, -0.1) is 0 Å². The molecular weight excluding hydrogens is 262 g/mol. The molecule has 0 heterocycles. The second-order valence-corrected chi connectivity index (χ2v) is 6.62. The summed E-state index contributed by atoms with van der Waals surface area (Å²) in [6, 6.07) is 3.93. The largest absolute Gasteiger partial charge is 0.330 e. The zero-order chi connectivity index (χ0) is 14.6. The molecule has 0 aromatic heterocycles. The SMILES string of the molecule is Cc1cc(C)c(NS(=O)(=O)N(C)CCCN)c(C)c1. The lowest BCUT2D eigenvalue weighted by molar-refractivity contribution is 0.468. The Kier molecular flexibility index (Phi) is 5.34. The zero-order valence-electron chi connectivity index (χ0n) is 12.0. The summed E-state index contributed by atoms with van der Waals surface area (Å²) in [7, 11) is -1.96. The number of nitrogens with zero attached hydrogens (tertiary/aromatic N) is 1. The first kappa shape index (κ1) is 15.9. The number of hydrogen-bond donors (Lipinski definition) is 2. The Morgan fingerprint density at radius 3 is 2.21 bits per heavy atom. The van der Waals surface area contributed by atoms with E-state index < -0.39 is 10.2 Å². The molecule has 0 saturated carbocycles. The summed E-state index contributed by atoms with van der Waals surface area (Å²) in [6.45, 7) is 6.68. The Hall–Kier alpha value is -1.11. The zero-order valence-corrected chi connectivity index (χ0v) is 12.8. The van der Waals surface area contributed by atoms with Crippen LogP contribution < -0.4 is 10.5 Å². The minimum Gasteiger partial charge on any atom is -0.330 e. The summed E-state index contributed by atoms with van der Waals surface area (Å²) in [4.78, 5) is 0.